The second-order valence-electron chi connectivity index (χ2n) is 6.05. The van der Waals surface area contributed by atoms with Crippen LogP contribution in [0, 0.1) is 5.92 Å². The molecule has 0 saturated carbocycles. The zero-order valence-corrected chi connectivity index (χ0v) is 13.0. The summed E-state index contributed by atoms with van der Waals surface area (Å²) in [6, 6.07) is 0. The molecule has 1 N–H and O–H groups in total. The molecule has 17 heavy (non-hydrogen) atoms. The van der Waals surface area contributed by atoms with Gasteiger partial charge in [0.25, 0.3) is 0 Å². The van der Waals surface area contributed by atoms with E-state index in [1.807, 2.05) is 12.2 Å². The summed E-state index contributed by atoms with van der Waals surface area (Å²) in [6.07, 6.45) is 4.30. The summed E-state index contributed by atoms with van der Waals surface area (Å²) in [5, 5.41) is 9.57. The molecule has 0 radical (unpaired) electrons. The van der Waals surface area contributed by atoms with Gasteiger partial charge in [-0.3, -0.25) is 0 Å². The Hall–Kier alpha value is -0.383. The SMILES string of the molecule is C=CCC(CO)C(C=C)O[Si](C)(C)C(C)(C)C. The Bertz CT molecular complexity index is 253. The molecule has 0 bridgehead atoms. The molecule has 0 amide bonds. The topological polar surface area (TPSA) is 29.5 Å². The van der Waals surface area contributed by atoms with Gasteiger partial charge in [0.2, 0.25) is 0 Å². The predicted molar refractivity (Wildman–Crippen MR) is 77.7 cm³/mol. The van der Waals surface area contributed by atoms with E-state index >= 15 is 0 Å². The Labute approximate surface area is 108 Å². The normalized spacial score (nSPS) is 16.4. The van der Waals surface area contributed by atoms with E-state index in [1.54, 1.807) is 0 Å². The van der Waals surface area contributed by atoms with Crippen molar-refractivity contribution in [1.82, 2.24) is 0 Å². The second-order valence-corrected chi connectivity index (χ2v) is 10.8. The van der Waals surface area contributed by atoms with E-state index in [-0.39, 0.29) is 23.7 Å². The lowest BCUT2D eigenvalue weighted by atomic mass is 10.00. The summed E-state index contributed by atoms with van der Waals surface area (Å²) in [5.74, 6) is 0.0686. The molecule has 0 aromatic carbocycles. The molecule has 0 aliphatic rings. The maximum atomic E-state index is 9.40. The van der Waals surface area contributed by atoms with Crippen molar-refractivity contribution in [3.8, 4) is 0 Å². The van der Waals surface area contributed by atoms with Gasteiger partial charge >= 0.3 is 0 Å². The largest absolute Gasteiger partial charge is 0.410 e. The molecule has 100 valence electrons. The Balaban J connectivity index is 4.80. The first kappa shape index (κ1) is 16.6. The van der Waals surface area contributed by atoms with Gasteiger partial charge in [0.05, 0.1) is 6.10 Å². The molecule has 0 aromatic rings. The molecule has 0 rings (SSSR count). The molecule has 2 nitrogen and oxygen atoms in total. The first-order valence-corrected chi connectivity index (χ1v) is 9.12. The molecule has 0 saturated heterocycles. The van der Waals surface area contributed by atoms with Crippen molar-refractivity contribution in [2.45, 2.75) is 51.4 Å². The fraction of sp³-hybridized carbons (Fsp3) is 0.714. The number of allylic oxidation sites excluding steroid dienone is 1. The highest BCUT2D eigenvalue weighted by molar-refractivity contribution is 6.74. The van der Waals surface area contributed by atoms with Crippen LogP contribution >= 0.6 is 0 Å². The lowest BCUT2D eigenvalue weighted by Crippen LogP contribution is -2.45. The predicted octanol–water partition coefficient (Wildman–Crippen LogP) is 3.75. The molecule has 0 aliphatic carbocycles. The van der Waals surface area contributed by atoms with Gasteiger partial charge in [-0.25, -0.2) is 0 Å². The van der Waals surface area contributed by atoms with Crippen molar-refractivity contribution in [3.63, 3.8) is 0 Å². The van der Waals surface area contributed by atoms with Gasteiger partial charge in [-0.1, -0.05) is 32.9 Å². The van der Waals surface area contributed by atoms with Crippen LogP contribution in [0.4, 0.5) is 0 Å². The Morgan fingerprint density at radius 1 is 1.29 bits per heavy atom. The van der Waals surface area contributed by atoms with Gasteiger partial charge in [0.1, 0.15) is 0 Å². The zero-order valence-electron chi connectivity index (χ0n) is 12.0. The minimum atomic E-state index is -1.81. The van der Waals surface area contributed by atoms with E-state index in [1.165, 1.54) is 0 Å². The van der Waals surface area contributed by atoms with Crippen molar-refractivity contribution in [2.75, 3.05) is 6.61 Å². The van der Waals surface area contributed by atoms with Crippen LogP contribution in [0.15, 0.2) is 25.3 Å². The van der Waals surface area contributed by atoms with Crippen molar-refractivity contribution >= 4 is 8.32 Å². The Morgan fingerprint density at radius 3 is 2.12 bits per heavy atom. The van der Waals surface area contributed by atoms with Crippen LogP contribution < -0.4 is 0 Å². The molecular formula is C14H28O2Si. The number of aliphatic hydroxyl groups excluding tert-OH is 1. The number of hydrogen-bond acceptors (Lipinski definition) is 2. The Morgan fingerprint density at radius 2 is 1.82 bits per heavy atom. The maximum absolute atomic E-state index is 9.40. The number of rotatable bonds is 7. The van der Waals surface area contributed by atoms with Crippen LogP contribution in [0.3, 0.4) is 0 Å². The average Bonchev–Trinajstić information content (AvgIpc) is 2.21. The number of hydrogen-bond donors (Lipinski definition) is 1. The van der Waals surface area contributed by atoms with Gasteiger partial charge in [0, 0.05) is 12.5 Å². The van der Waals surface area contributed by atoms with Crippen molar-refractivity contribution in [1.29, 1.82) is 0 Å². The van der Waals surface area contributed by atoms with Crippen molar-refractivity contribution < 1.29 is 9.53 Å². The molecule has 0 aliphatic heterocycles. The number of aliphatic hydroxyl groups is 1. The zero-order chi connectivity index (χ0) is 13.7. The molecular weight excluding hydrogens is 228 g/mol. The summed E-state index contributed by atoms with van der Waals surface area (Å²) in [6.45, 7) is 18.7. The molecule has 0 fully saturated rings. The summed E-state index contributed by atoms with van der Waals surface area (Å²) in [7, 11) is -1.81. The molecule has 0 spiro atoms. The van der Waals surface area contributed by atoms with Crippen molar-refractivity contribution in [2.24, 2.45) is 5.92 Å². The van der Waals surface area contributed by atoms with Crippen LogP contribution in [0.5, 0.6) is 0 Å². The minimum absolute atomic E-state index is 0.0686. The highest BCUT2D eigenvalue weighted by Crippen LogP contribution is 2.38. The third-order valence-electron chi connectivity index (χ3n) is 3.64. The summed E-state index contributed by atoms with van der Waals surface area (Å²) >= 11 is 0. The van der Waals surface area contributed by atoms with Gasteiger partial charge in [-0.05, 0) is 24.6 Å². The lowest BCUT2D eigenvalue weighted by Gasteiger charge is -2.40. The Kier molecular flexibility index (Phi) is 6.38. The van der Waals surface area contributed by atoms with Gasteiger partial charge in [-0.15, -0.1) is 13.2 Å². The van der Waals surface area contributed by atoms with Gasteiger partial charge in [0.15, 0.2) is 8.32 Å². The van der Waals surface area contributed by atoms with Crippen LogP contribution in [-0.2, 0) is 4.43 Å². The van der Waals surface area contributed by atoms with Crippen LogP contribution in [0.25, 0.3) is 0 Å². The lowest BCUT2D eigenvalue weighted by molar-refractivity contribution is 0.109. The fourth-order valence-electron chi connectivity index (χ4n) is 1.38. The third-order valence-corrected chi connectivity index (χ3v) is 8.11. The second kappa shape index (κ2) is 6.52. The minimum Gasteiger partial charge on any atom is -0.410 e. The van der Waals surface area contributed by atoms with Crippen LogP contribution in [0.2, 0.25) is 18.1 Å². The van der Waals surface area contributed by atoms with E-state index in [0.29, 0.717) is 0 Å². The first-order valence-electron chi connectivity index (χ1n) is 6.21. The van der Waals surface area contributed by atoms with Gasteiger partial charge < -0.3 is 9.53 Å². The highest BCUT2D eigenvalue weighted by Gasteiger charge is 2.39. The van der Waals surface area contributed by atoms with E-state index in [9.17, 15) is 5.11 Å². The third kappa shape index (κ3) is 4.78. The first-order chi connectivity index (χ1) is 7.69. The van der Waals surface area contributed by atoms with E-state index < -0.39 is 8.32 Å². The molecule has 2 unspecified atom stereocenters. The summed E-state index contributed by atoms with van der Waals surface area (Å²) in [5.41, 5.74) is 0. The van der Waals surface area contributed by atoms with E-state index in [2.05, 4.69) is 47.0 Å². The van der Waals surface area contributed by atoms with E-state index in [0.717, 1.165) is 6.42 Å². The molecule has 2 atom stereocenters. The summed E-state index contributed by atoms with van der Waals surface area (Å²) in [4.78, 5) is 0. The fourth-order valence-corrected chi connectivity index (χ4v) is 2.70. The summed E-state index contributed by atoms with van der Waals surface area (Å²) < 4.78 is 6.27. The average molecular weight is 256 g/mol. The quantitative estimate of drug-likeness (QED) is 0.555. The molecule has 0 heterocycles. The van der Waals surface area contributed by atoms with Crippen molar-refractivity contribution in [3.05, 3.63) is 25.3 Å². The van der Waals surface area contributed by atoms with Crippen LogP contribution in [-0.4, -0.2) is 26.1 Å². The molecule has 3 heteroatoms. The van der Waals surface area contributed by atoms with Gasteiger partial charge in [-0.2, -0.15) is 0 Å². The molecule has 0 aromatic heterocycles. The smallest absolute Gasteiger partial charge is 0.192 e. The van der Waals surface area contributed by atoms with E-state index in [4.69, 9.17) is 4.43 Å². The highest BCUT2D eigenvalue weighted by atomic mass is 28.4. The standard InChI is InChI=1S/C14H28O2Si/c1-8-10-12(11-15)13(9-2)16-17(6,7)14(3,4)5/h8-9,12-13,15H,1-2,10-11H2,3-7H3. The van der Waals surface area contributed by atoms with Crippen LogP contribution in [0.1, 0.15) is 27.2 Å². The maximum Gasteiger partial charge on any atom is 0.192 e. The monoisotopic (exact) mass is 256 g/mol.